The number of methoxy groups -OCH3 is 1. The summed E-state index contributed by atoms with van der Waals surface area (Å²) in [6.45, 7) is 0.427. The van der Waals surface area contributed by atoms with E-state index in [0.29, 0.717) is 29.4 Å². The third kappa shape index (κ3) is 3.90. The molecule has 0 saturated heterocycles. The highest BCUT2D eigenvalue weighted by Crippen LogP contribution is 2.29. The normalized spacial score (nSPS) is 10.2. The first kappa shape index (κ1) is 13.2. The summed E-state index contributed by atoms with van der Waals surface area (Å²) in [5, 5.41) is 3.98. The third-order valence-electron chi connectivity index (χ3n) is 2.11. The van der Waals surface area contributed by atoms with Gasteiger partial charge < -0.3 is 10.5 Å². The highest BCUT2D eigenvalue weighted by atomic mass is 35.5. The van der Waals surface area contributed by atoms with Crippen LogP contribution in [0.3, 0.4) is 0 Å². The second-order valence-electron chi connectivity index (χ2n) is 3.26. The fourth-order valence-electron chi connectivity index (χ4n) is 1.28. The summed E-state index contributed by atoms with van der Waals surface area (Å²) < 4.78 is 5.10. The van der Waals surface area contributed by atoms with Crippen LogP contribution in [0.2, 0.25) is 5.02 Å². The Labute approximate surface area is 104 Å². The molecule has 0 radical (unpaired) electrons. The maximum Gasteiger partial charge on any atom is 0.142 e. The van der Waals surface area contributed by atoms with Crippen molar-refractivity contribution >= 4 is 23.4 Å². The minimum absolute atomic E-state index is 0.427. The first-order chi connectivity index (χ1) is 8.19. The second-order valence-corrected chi connectivity index (χ2v) is 3.67. The lowest BCUT2D eigenvalue weighted by molar-refractivity contribution is 0.417. The maximum absolute atomic E-state index is 8.11. The predicted molar refractivity (Wildman–Crippen MR) is 70.1 cm³/mol. The Balaban J connectivity index is 2.79. The number of azide groups is 1. The minimum Gasteiger partial charge on any atom is -0.495 e. The molecule has 0 amide bonds. The molecule has 0 heterocycles. The Morgan fingerprint density at radius 2 is 2.35 bits per heavy atom. The SMILES string of the molecule is COc1cc(C=CCCN=[N+]=[N-])c(Cl)cc1N. The summed E-state index contributed by atoms with van der Waals surface area (Å²) >= 11 is 6.03. The lowest BCUT2D eigenvalue weighted by Crippen LogP contribution is -1.93. The van der Waals surface area contributed by atoms with E-state index in [0.717, 1.165) is 5.56 Å². The molecule has 17 heavy (non-hydrogen) atoms. The highest BCUT2D eigenvalue weighted by Gasteiger charge is 2.04. The summed E-state index contributed by atoms with van der Waals surface area (Å²) in [7, 11) is 1.55. The summed E-state index contributed by atoms with van der Waals surface area (Å²) in [5.74, 6) is 0.587. The number of ether oxygens (including phenoxy) is 1. The van der Waals surface area contributed by atoms with Crippen LogP contribution in [0.1, 0.15) is 12.0 Å². The molecule has 0 aliphatic heterocycles. The summed E-state index contributed by atoms with van der Waals surface area (Å²) in [6.07, 6.45) is 4.38. The van der Waals surface area contributed by atoms with Crippen molar-refractivity contribution in [3.8, 4) is 5.75 Å². The largest absolute Gasteiger partial charge is 0.495 e. The molecule has 2 N–H and O–H groups in total. The topological polar surface area (TPSA) is 84.0 Å². The zero-order valence-corrected chi connectivity index (χ0v) is 10.2. The van der Waals surface area contributed by atoms with Gasteiger partial charge in [-0.1, -0.05) is 28.9 Å². The van der Waals surface area contributed by atoms with Gasteiger partial charge in [0.25, 0.3) is 0 Å². The van der Waals surface area contributed by atoms with Gasteiger partial charge in [0.1, 0.15) is 5.75 Å². The average molecular weight is 253 g/mol. The van der Waals surface area contributed by atoms with Crippen LogP contribution >= 0.6 is 11.6 Å². The van der Waals surface area contributed by atoms with Gasteiger partial charge >= 0.3 is 0 Å². The monoisotopic (exact) mass is 252 g/mol. The number of benzene rings is 1. The number of nitrogens with two attached hydrogens (primary N) is 1. The van der Waals surface area contributed by atoms with Crippen molar-refractivity contribution in [2.24, 2.45) is 5.11 Å². The van der Waals surface area contributed by atoms with Crippen molar-refractivity contribution in [1.29, 1.82) is 0 Å². The van der Waals surface area contributed by atoms with Gasteiger partial charge in [0, 0.05) is 11.5 Å². The van der Waals surface area contributed by atoms with E-state index in [1.54, 1.807) is 19.2 Å². The fourth-order valence-corrected chi connectivity index (χ4v) is 1.51. The molecule has 5 nitrogen and oxygen atoms in total. The van der Waals surface area contributed by atoms with E-state index in [1.807, 2.05) is 12.2 Å². The van der Waals surface area contributed by atoms with E-state index in [1.165, 1.54) is 0 Å². The van der Waals surface area contributed by atoms with Gasteiger partial charge in [-0.15, -0.1) is 0 Å². The van der Waals surface area contributed by atoms with E-state index in [4.69, 9.17) is 27.6 Å². The molecule has 0 unspecified atom stereocenters. The molecule has 1 aromatic rings. The van der Waals surface area contributed by atoms with Crippen LogP contribution in [0.25, 0.3) is 16.5 Å². The lowest BCUT2D eigenvalue weighted by Gasteiger charge is -2.07. The molecule has 0 fully saturated rings. The van der Waals surface area contributed by atoms with Crippen LogP contribution in [0.15, 0.2) is 23.3 Å². The highest BCUT2D eigenvalue weighted by molar-refractivity contribution is 6.32. The number of nitrogens with zero attached hydrogens (tertiary/aromatic N) is 3. The Morgan fingerprint density at radius 1 is 1.59 bits per heavy atom. The molecule has 0 saturated carbocycles. The van der Waals surface area contributed by atoms with Crippen LogP contribution in [-0.4, -0.2) is 13.7 Å². The van der Waals surface area contributed by atoms with E-state index >= 15 is 0 Å². The zero-order valence-electron chi connectivity index (χ0n) is 9.43. The first-order valence-electron chi connectivity index (χ1n) is 4.99. The number of rotatable bonds is 5. The second kappa shape index (κ2) is 6.68. The van der Waals surface area contributed by atoms with Crippen LogP contribution in [0.4, 0.5) is 5.69 Å². The van der Waals surface area contributed by atoms with Gasteiger partial charge in [-0.3, -0.25) is 0 Å². The van der Waals surface area contributed by atoms with Crippen molar-refractivity contribution in [2.75, 3.05) is 19.4 Å². The number of hydrogen-bond donors (Lipinski definition) is 1. The predicted octanol–water partition coefficient (Wildman–Crippen LogP) is 3.64. The molecule has 0 spiro atoms. The summed E-state index contributed by atoms with van der Waals surface area (Å²) in [4.78, 5) is 2.67. The first-order valence-corrected chi connectivity index (χ1v) is 5.37. The Hall–Kier alpha value is -1.84. The van der Waals surface area contributed by atoms with Crippen LogP contribution in [0.5, 0.6) is 5.75 Å². The molecule has 1 aromatic carbocycles. The molecule has 0 bridgehead atoms. The smallest absolute Gasteiger partial charge is 0.142 e. The van der Waals surface area contributed by atoms with Crippen LogP contribution < -0.4 is 10.5 Å². The third-order valence-corrected chi connectivity index (χ3v) is 2.43. The molecule has 6 heteroatoms. The zero-order chi connectivity index (χ0) is 12.7. The van der Waals surface area contributed by atoms with Crippen molar-refractivity contribution in [3.63, 3.8) is 0 Å². The lowest BCUT2D eigenvalue weighted by atomic mass is 10.1. The van der Waals surface area contributed by atoms with Crippen molar-refractivity contribution in [3.05, 3.63) is 39.2 Å². The van der Waals surface area contributed by atoms with Crippen LogP contribution in [0, 0.1) is 0 Å². The van der Waals surface area contributed by atoms with E-state index in [2.05, 4.69) is 10.0 Å². The number of anilines is 1. The van der Waals surface area contributed by atoms with E-state index < -0.39 is 0 Å². The van der Waals surface area contributed by atoms with Crippen molar-refractivity contribution < 1.29 is 4.74 Å². The van der Waals surface area contributed by atoms with Gasteiger partial charge in [-0.25, -0.2) is 0 Å². The minimum atomic E-state index is 0.427. The number of hydrogen-bond acceptors (Lipinski definition) is 3. The Kier molecular flexibility index (Phi) is 5.20. The molecule has 90 valence electrons. The molecule has 1 rings (SSSR count). The van der Waals surface area contributed by atoms with E-state index in [-0.39, 0.29) is 0 Å². The molecule has 0 atom stereocenters. The molecule has 0 aliphatic rings. The fraction of sp³-hybridized carbons (Fsp3) is 0.273. The van der Waals surface area contributed by atoms with Gasteiger partial charge in [-0.2, -0.15) is 0 Å². The molecular formula is C11H13ClN4O. The van der Waals surface area contributed by atoms with Crippen LogP contribution in [-0.2, 0) is 0 Å². The number of halogens is 1. The van der Waals surface area contributed by atoms with Gasteiger partial charge in [-0.05, 0) is 29.6 Å². The summed E-state index contributed by atoms with van der Waals surface area (Å²) in [5.41, 5.74) is 15.1. The Morgan fingerprint density at radius 3 is 3.00 bits per heavy atom. The maximum atomic E-state index is 8.11. The van der Waals surface area contributed by atoms with Crippen molar-refractivity contribution in [1.82, 2.24) is 0 Å². The average Bonchev–Trinajstić information content (AvgIpc) is 2.31. The molecule has 0 aromatic heterocycles. The quantitative estimate of drug-likeness (QED) is 0.285. The van der Waals surface area contributed by atoms with Gasteiger partial charge in [0.05, 0.1) is 17.8 Å². The number of nitrogen functional groups attached to an aromatic ring is 1. The van der Waals surface area contributed by atoms with E-state index in [9.17, 15) is 0 Å². The standard InChI is InChI=1S/C11H13ClN4O/c1-17-11-6-8(9(12)7-10(11)13)4-2-3-5-15-16-14/h2,4,6-7H,3,5,13H2,1H3. The van der Waals surface area contributed by atoms with Gasteiger partial charge in [0.15, 0.2) is 0 Å². The van der Waals surface area contributed by atoms with Gasteiger partial charge in [0.2, 0.25) is 0 Å². The van der Waals surface area contributed by atoms with Crippen molar-refractivity contribution in [2.45, 2.75) is 6.42 Å². The molecule has 0 aliphatic carbocycles. The Bertz CT molecular complexity index is 467. The molecular weight excluding hydrogens is 240 g/mol. The summed E-state index contributed by atoms with van der Waals surface area (Å²) in [6, 6.07) is 3.41.